The average molecular weight is 397 g/mol. The van der Waals surface area contributed by atoms with Gasteiger partial charge in [0.15, 0.2) is 5.82 Å². The number of aryl methyl sites for hydroxylation is 1. The molecule has 0 radical (unpaired) electrons. The van der Waals surface area contributed by atoms with E-state index in [9.17, 15) is 18.0 Å². The molecule has 11 heteroatoms. The molecule has 1 amide bonds. The van der Waals surface area contributed by atoms with Crippen molar-refractivity contribution in [3.05, 3.63) is 24.2 Å². The van der Waals surface area contributed by atoms with Crippen molar-refractivity contribution in [2.45, 2.75) is 39.0 Å². The van der Waals surface area contributed by atoms with Crippen LogP contribution in [0.2, 0.25) is 0 Å². The summed E-state index contributed by atoms with van der Waals surface area (Å²) in [5.74, 6) is -0.700. The van der Waals surface area contributed by atoms with E-state index in [1.54, 1.807) is 20.9 Å². The second-order valence-electron chi connectivity index (χ2n) is 6.58. The summed E-state index contributed by atoms with van der Waals surface area (Å²) >= 11 is 0. The predicted octanol–water partition coefficient (Wildman–Crippen LogP) is 2.86. The summed E-state index contributed by atoms with van der Waals surface area (Å²) in [6, 6.07) is 1.06. The van der Waals surface area contributed by atoms with Crippen LogP contribution >= 0.6 is 0 Å². The van der Waals surface area contributed by atoms with E-state index in [1.807, 2.05) is 0 Å². The fraction of sp³-hybridized carbons (Fsp3) is 0.529. The van der Waals surface area contributed by atoms with Gasteiger partial charge >= 0.3 is 6.30 Å². The van der Waals surface area contributed by atoms with Crippen molar-refractivity contribution in [1.82, 2.24) is 24.6 Å². The second kappa shape index (κ2) is 7.64. The van der Waals surface area contributed by atoms with Crippen LogP contribution in [0.5, 0.6) is 0 Å². The van der Waals surface area contributed by atoms with Gasteiger partial charge in [-0.3, -0.25) is 4.79 Å². The average Bonchev–Trinajstić information content (AvgIpc) is 2.94. The quantitative estimate of drug-likeness (QED) is 0.782. The minimum atomic E-state index is -4.77. The van der Waals surface area contributed by atoms with Gasteiger partial charge in [-0.1, -0.05) is 0 Å². The molecule has 1 atom stereocenters. The molecule has 8 nitrogen and oxygen atoms in total. The Morgan fingerprint density at radius 2 is 2.00 bits per heavy atom. The zero-order valence-electron chi connectivity index (χ0n) is 15.9. The number of anilines is 3. The van der Waals surface area contributed by atoms with Crippen molar-refractivity contribution in [2.75, 3.05) is 30.4 Å². The van der Waals surface area contributed by atoms with E-state index < -0.39 is 18.3 Å². The maximum absolute atomic E-state index is 14.1. The van der Waals surface area contributed by atoms with Gasteiger partial charge < -0.3 is 10.2 Å². The molecule has 1 unspecified atom stereocenters. The summed E-state index contributed by atoms with van der Waals surface area (Å²) in [7, 11) is 1.64. The minimum Gasteiger partial charge on any atom is -0.381 e. The topological polar surface area (TPSA) is 79.2 Å². The van der Waals surface area contributed by atoms with Gasteiger partial charge in [-0.2, -0.15) is 5.10 Å². The molecule has 2 aromatic rings. The van der Waals surface area contributed by atoms with E-state index in [4.69, 9.17) is 0 Å². The highest BCUT2D eigenvalue weighted by atomic mass is 19.4. The first-order valence-electron chi connectivity index (χ1n) is 8.95. The van der Waals surface area contributed by atoms with Crippen LogP contribution in [-0.4, -0.2) is 57.0 Å². The Morgan fingerprint density at radius 3 is 2.57 bits per heavy atom. The fourth-order valence-corrected chi connectivity index (χ4v) is 3.31. The van der Waals surface area contributed by atoms with Crippen molar-refractivity contribution in [2.24, 2.45) is 0 Å². The number of aromatic nitrogens is 4. The number of hydrogen-bond acceptors (Lipinski definition) is 6. The largest absolute Gasteiger partial charge is 0.493 e. The number of rotatable bonds is 5. The molecule has 2 aromatic heterocycles. The highest BCUT2D eigenvalue weighted by molar-refractivity contribution is 5.77. The van der Waals surface area contributed by atoms with E-state index in [2.05, 4.69) is 20.4 Å². The number of halogens is 3. The number of likely N-dealkylation sites (tertiary alicyclic amines) is 1. The van der Waals surface area contributed by atoms with Gasteiger partial charge in [-0.05, 0) is 26.3 Å². The molecular weight excluding hydrogens is 375 g/mol. The zero-order chi connectivity index (χ0) is 20.5. The molecule has 1 fully saturated rings. The fourth-order valence-electron chi connectivity index (χ4n) is 3.31. The summed E-state index contributed by atoms with van der Waals surface area (Å²) in [6.07, 6.45) is -1.59. The first-order chi connectivity index (χ1) is 13.2. The molecule has 0 aromatic carbocycles. The van der Waals surface area contributed by atoms with Gasteiger partial charge in [0.2, 0.25) is 11.9 Å². The number of likely N-dealkylation sites (N-methyl/N-ethyl adjacent to an activating group) is 1. The smallest absolute Gasteiger partial charge is 0.381 e. The van der Waals surface area contributed by atoms with Crippen LogP contribution in [0.3, 0.4) is 0 Å². The predicted molar refractivity (Wildman–Crippen MR) is 97.3 cm³/mol. The number of amides is 1. The first kappa shape index (κ1) is 19.9. The van der Waals surface area contributed by atoms with Gasteiger partial charge in [0.1, 0.15) is 5.69 Å². The molecule has 152 valence electrons. The third-order valence-electron chi connectivity index (χ3n) is 4.58. The van der Waals surface area contributed by atoms with Gasteiger partial charge in [-0.25, -0.2) is 19.5 Å². The lowest BCUT2D eigenvalue weighted by molar-refractivity contribution is -0.133. The lowest BCUT2D eigenvalue weighted by atomic mass is 10.1. The Hall–Kier alpha value is -2.85. The summed E-state index contributed by atoms with van der Waals surface area (Å²) in [4.78, 5) is 21.1. The Balaban J connectivity index is 2.17. The molecule has 3 rings (SSSR count). The lowest BCUT2D eigenvalue weighted by Gasteiger charge is -2.33. The molecule has 0 spiro atoms. The third kappa shape index (κ3) is 3.73. The maximum Gasteiger partial charge on any atom is 0.493 e. The molecule has 1 aliphatic heterocycles. The molecule has 3 heterocycles. The van der Waals surface area contributed by atoms with Gasteiger partial charge in [0.25, 0.3) is 0 Å². The highest BCUT2D eigenvalue weighted by Crippen LogP contribution is 2.42. The number of carbonyl (C=O) groups is 1. The molecule has 0 bridgehead atoms. The van der Waals surface area contributed by atoms with Crippen LogP contribution in [0.25, 0.3) is 0 Å². The highest BCUT2D eigenvalue weighted by Gasteiger charge is 2.45. The number of alkyl halides is 3. The van der Waals surface area contributed by atoms with Crippen molar-refractivity contribution < 1.29 is 18.0 Å². The van der Waals surface area contributed by atoms with Crippen molar-refractivity contribution in [3.8, 4) is 0 Å². The summed E-state index contributed by atoms with van der Waals surface area (Å²) < 4.78 is 43.7. The summed E-state index contributed by atoms with van der Waals surface area (Å²) in [5, 5.41) is 7.38. The van der Waals surface area contributed by atoms with Crippen molar-refractivity contribution >= 4 is 23.4 Å². The van der Waals surface area contributed by atoms with E-state index >= 15 is 0 Å². The summed E-state index contributed by atoms with van der Waals surface area (Å²) in [6.45, 7) is 4.14. The molecule has 28 heavy (non-hydrogen) atoms. The molecule has 1 N–H and O–H groups in total. The first-order valence-corrected chi connectivity index (χ1v) is 8.95. The minimum absolute atomic E-state index is 0.0346. The number of hydrogen-bond donors (Lipinski definition) is 1. The van der Waals surface area contributed by atoms with Gasteiger partial charge in [0.05, 0.1) is 11.7 Å². The van der Waals surface area contributed by atoms with E-state index in [0.29, 0.717) is 18.7 Å². The standard InChI is InChI=1S/C17H22F3N7O/c1-4-21-14-11(2)24-27(12-6-7-13(28)25(3)10-12)15(14)26(17(18,19)20)16-22-8-5-9-23-16/h5,8-9,12,21H,4,6-7,10H2,1-3H3. The maximum atomic E-state index is 14.1. The van der Waals surface area contributed by atoms with E-state index in [-0.39, 0.29) is 35.3 Å². The number of nitrogens with one attached hydrogen (secondary N) is 1. The van der Waals surface area contributed by atoms with Crippen molar-refractivity contribution in [1.29, 1.82) is 0 Å². The molecule has 1 aliphatic rings. The van der Waals surface area contributed by atoms with E-state index in [0.717, 1.165) is 0 Å². The molecular formula is C17H22F3N7O. The Bertz CT molecular complexity index is 837. The molecule has 0 aliphatic carbocycles. The number of carbonyl (C=O) groups excluding carboxylic acids is 1. The Morgan fingerprint density at radius 1 is 1.32 bits per heavy atom. The second-order valence-corrected chi connectivity index (χ2v) is 6.58. The third-order valence-corrected chi connectivity index (χ3v) is 4.58. The Labute approximate surface area is 160 Å². The summed E-state index contributed by atoms with van der Waals surface area (Å²) in [5.41, 5.74) is 0.702. The zero-order valence-corrected chi connectivity index (χ0v) is 15.9. The van der Waals surface area contributed by atoms with Crippen molar-refractivity contribution in [3.63, 3.8) is 0 Å². The van der Waals surface area contributed by atoms with Crippen LogP contribution in [0, 0.1) is 6.92 Å². The van der Waals surface area contributed by atoms with Crippen LogP contribution in [0.4, 0.5) is 30.6 Å². The van der Waals surface area contributed by atoms with Gasteiger partial charge in [0, 0.05) is 39.0 Å². The molecule has 0 saturated carbocycles. The van der Waals surface area contributed by atoms with Crippen LogP contribution in [0.1, 0.15) is 31.5 Å². The monoisotopic (exact) mass is 397 g/mol. The lowest BCUT2D eigenvalue weighted by Crippen LogP contribution is -2.41. The SMILES string of the molecule is CCNc1c(C)nn(C2CCC(=O)N(C)C2)c1N(c1ncccn1)C(F)(F)F. The number of piperidine rings is 1. The normalized spacial score (nSPS) is 17.7. The van der Waals surface area contributed by atoms with Crippen LogP contribution in [0.15, 0.2) is 18.5 Å². The van der Waals surface area contributed by atoms with Crippen LogP contribution in [-0.2, 0) is 4.79 Å². The molecule has 1 saturated heterocycles. The van der Waals surface area contributed by atoms with Gasteiger partial charge in [-0.15, -0.1) is 13.2 Å². The Kier molecular flexibility index (Phi) is 5.43. The number of nitrogens with zero attached hydrogens (tertiary/aromatic N) is 6. The van der Waals surface area contributed by atoms with Crippen LogP contribution < -0.4 is 10.2 Å². The van der Waals surface area contributed by atoms with E-state index in [1.165, 1.54) is 28.0 Å².